The molecule has 2 aromatic heterocycles. The van der Waals surface area contributed by atoms with Crippen molar-refractivity contribution < 1.29 is 0 Å². The zero-order chi connectivity index (χ0) is 13.6. The van der Waals surface area contributed by atoms with E-state index < -0.39 is 0 Å². The average Bonchev–Trinajstić information content (AvgIpc) is 2.46. The quantitative estimate of drug-likeness (QED) is 0.786. The molecular formula is C15H19N5. The van der Waals surface area contributed by atoms with E-state index in [1.165, 1.54) is 25.9 Å². The first-order valence-electron chi connectivity index (χ1n) is 7.25. The molecule has 2 fully saturated rings. The van der Waals surface area contributed by atoms with Crippen molar-refractivity contribution >= 4 is 16.9 Å². The standard InChI is InChI=1S/C15H19N5/c1-19-7-4-15(5-8-19)9-20(10-15)14-12-3-2-6-16-13(12)17-11-18-14/h2-3,6,11H,4-5,7-10H2,1H3. The lowest BCUT2D eigenvalue weighted by atomic mass is 9.72. The first-order valence-corrected chi connectivity index (χ1v) is 7.25. The van der Waals surface area contributed by atoms with Gasteiger partial charge in [-0.3, -0.25) is 0 Å². The molecule has 20 heavy (non-hydrogen) atoms. The number of hydrogen-bond donors (Lipinski definition) is 0. The Morgan fingerprint density at radius 3 is 2.70 bits per heavy atom. The summed E-state index contributed by atoms with van der Waals surface area (Å²) in [6, 6.07) is 4.03. The van der Waals surface area contributed by atoms with Crippen LogP contribution in [-0.4, -0.2) is 53.1 Å². The smallest absolute Gasteiger partial charge is 0.164 e. The second-order valence-electron chi connectivity index (χ2n) is 6.23. The third kappa shape index (κ3) is 1.85. The van der Waals surface area contributed by atoms with Crippen LogP contribution < -0.4 is 4.90 Å². The van der Waals surface area contributed by atoms with Crippen molar-refractivity contribution in [3.05, 3.63) is 24.7 Å². The summed E-state index contributed by atoms with van der Waals surface area (Å²) >= 11 is 0. The van der Waals surface area contributed by atoms with Crippen molar-refractivity contribution in [2.24, 2.45) is 5.41 Å². The molecule has 5 nitrogen and oxygen atoms in total. The van der Waals surface area contributed by atoms with E-state index in [9.17, 15) is 0 Å². The average molecular weight is 269 g/mol. The molecule has 0 radical (unpaired) electrons. The monoisotopic (exact) mass is 269 g/mol. The molecule has 4 rings (SSSR count). The molecule has 0 aliphatic carbocycles. The van der Waals surface area contributed by atoms with E-state index in [1.54, 1.807) is 12.5 Å². The first-order chi connectivity index (χ1) is 9.76. The van der Waals surface area contributed by atoms with Crippen molar-refractivity contribution in [3.8, 4) is 0 Å². The number of anilines is 1. The largest absolute Gasteiger partial charge is 0.355 e. The molecular weight excluding hydrogens is 250 g/mol. The van der Waals surface area contributed by atoms with E-state index in [4.69, 9.17) is 0 Å². The zero-order valence-electron chi connectivity index (χ0n) is 11.8. The number of nitrogens with zero attached hydrogens (tertiary/aromatic N) is 5. The van der Waals surface area contributed by atoms with Crippen molar-refractivity contribution in [2.75, 3.05) is 38.1 Å². The first kappa shape index (κ1) is 12.0. The molecule has 0 saturated carbocycles. The highest BCUT2D eigenvalue weighted by molar-refractivity contribution is 5.86. The topological polar surface area (TPSA) is 45.2 Å². The summed E-state index contributed by atoms with van der Waals surface area (Å²) in [5.41, 5.74) is 1.31. The fraction of sp³-hybridized carbons (Fsp3) is 0.533. The Hall–Kier alpha value is -1.75. The maximum Gasteiger partial charge on any atom is 0.164 e. The van der Waals surface area contributed by atoms with Gasteiger partial charge in [0.25, 0.3) is 0 Å². The third-order valence-corrected chi connectivity index (χ3v) is 4.79. The van der Waals surface area contributed by atoms with Crippen molar-refractivity contribution in [1.29, 1.82) is 0 Å². The number of likely N-dealkylation sites (tertiary alicyclic amines) is 1. The van der Waals surface area contributed by atoms with Crippen molar-refractivity contribution in [2.45, 2.75) is 12.8 Å². The molecule has 1 spiro atoms. The summed E-state index contributed by atoms with van der Waals surface area (Å²) in [4.78, 5) is 17.9. The number of hydrogen-bond acceptors (Lipinski definition) is 5. The molecule has 0 bridgehead atoms. The van der Waals surface area contributed by atoms with E-state index in [0.29, 0.717) is 5.41 Å². The van der Waals surface area contributed by atoms with Gasteiger partial charge in [-0.15, -0.1) is 0 Å². The number of fused-ring (bicyclic) bond motifs is 1. The number of aromatic nitrogens is 3. The zero-order valence-corrected chi connectivity index (χ0v) is 11.8. The predicted octanol–water partition coefficient (Wildman–Crippen LogP) is 1.56. The van der Waals surface area contributed by atoms with Crippen LogP contribution in [0.5, 0.6) is 0 Å². The SMILES string of the molecule is CN1CCC2(CC1)CN(c1ncnc3ncccc13)C2. The van der Waals surface area contributed by atoms with E-state index in [2.05, 4.69) is 37.9 Å². The highest BCUT2D eigenvalue weighted by atomic mass is 15.3. The van der Waals surface area contributed by atoms with Gasteiger partial charge in [-0.1, -0.05) is 0 Å². The summed E-state index contributed by atoms with van der Waals surface area (Å²) in [5.74, 6) is 1.05. The van der Waals surface area contributed by atoms with Gasteiger partial charge in [-0.2, -0.15) is 0 Å². The molecule has 2 aromatic rings. The lowest BCUT2D eigenvalue weighted by molar-refractivity contribution is 0.0902. The van der Waals surface area contributed by atoms with Crippen LogP contribution in [0.2, 0.25) is 0 Å². The van der Waals surface area contributed by atoms with Gasteiger partial charge in [-0.25, -0.2) is 15.0 Å². The van der Waals surface area contributed by atoms with Crippen LogP contribution in [0.25, 0.3) is 11.0 Å². The van der Waals surface area contributed by atoms with E-state index >= 15 is 0 Å². The molecule has 104 valence electrons. The summed E-state index contributed by atoms with van der Waals surface area (Å²) in [5, 5.41) is 1.07. The maximum atomic E-state index is 4.49. The Kier molecular flexibility index (Phi) is 2.63. The summed E-state index contributed by atoms with van der Waals surface area (Å²) in [6.07, 6.45) is 6.03. The molecule has 5 heteroatoms. The molecule has 0 N–H and O–H groups in total. The molecule has 2 aliphatic heterocycles. The van der Waals surface area contributed by atoms with E-state index in [1.807, 2.05) is 6.07 Å². The van der Waals surface area contributed by atoms with Crippen molar-refractivity contribution in [3.63, 3.8) is 0 Å². The molecule has 0 unspecified atom stereocenters. The molecule has 0 atom stereocenters. The number of piperidine rings is 1. The van der Waals surface area contributed by atoms with Crippen LogP contribution in [0.3, 0.4) is 0 Å². The van der Waals surface area contributed by atoms with Crippen LogP contribution >= 0.6 is 0 Å². The van der Waals surface area contributed by atoms with E-state index in [0.717, 1.165) is 29.9 Å². The van der Waals surface area contributed by atoms with Gasteiger partial charge in [-0.05, 0) is 45.1 Å². The minimum Gasteiger partial charge on any atom is -0.355 e. The normalized spacial score (nSPS) is 22.1. The molecule has 0 aromatic carbocycles. The van der Waals surface area contributed by atoms with Gasteiger partial charge in [0.15, 0.2) is 5.65 Å². The maximum absolute atomic E-state index is 4.49. The summed E-state index contributed by atoms with van der Waals surface area (Å²) in [7, 11) is 2.22. The lowest BCUT2D eigenvalue weighted by Crippen LogP contribution is -2.60. The molecule has 0 amide bonds. The van der Waals surface area contributed by atoms with Crippen molar-refractivity contribution in [1.82, 2.24) is 19.9 Å². The highest BCUT2D eigenvalue weighted by Crippen LogP contribution is 2.42. The van der Waals surface area contributed by atoms with Gasteiger partial charge >= 0.3 is 0 Å². The van der Waals surface area contributed by atoms with Gasteiger partial charge in [0.1, 0.15) is 12.1 Å². The fourth-order valence-corrected chi connectivity index (χ4v) is 3.46. The van der Waals surface area contributed by atoms with E-state index in [-0.39, 0.29) is 0 Å². The Bertz CT molecular complexity index is 620. The van der Waals surface area contributed by atoms with Gasteiger partial charge in [0, 0.05) is 24.7 Å². The van der Waals surface area contributed by atoms with Crippen LogP contribution in [0.1, 0.15) is 12.8 Å². The molecule has 2 aliphatic rings. The van der Waals surface area contributed by atoms with Gasteiger partial charge in [0.05, 0.1) is 5.39 Å². The Morgan fingerprint density at radius 1 is 1.10 bits per heavy atom. The number of rotatable bonds is 1. The van der Waals surface area contributed by atoms with Crippen LogP contribution in [0, 0.1) is 5.41 Å². The minimum atomic E-state index is 0.520. The number of pyridine rings is 1. The van der Waals surface area contributed by atoms with Crippen LogP contribution in [0.15, 0.2) is 24.7 Å². The van der Waals surface area contributed by atoms with Gasteiger partial charge < -0.3 is 9.80 Å². The fourth-order valence-electron chi connectivity index (χ4n) is 3.46. The second kappa shape index (κ2) is 4.38. The highest BCUT2D eigenvalue weighted by Gasteiger charge is 2.45. The summed E-state index contributed by atoms with van der Waals surface area (Å²) < 4.78 is 0. The Balaban J connectivity index is 1.58. The Morgan fingerprint density at radius 2 is 1.90 bits per heavy atom. The minimum absolute atomic E-state index is 0.520. The predicted molar refractivity (Wildman–Crippen MR) is 78.7 cm³/mol. The van der Waals surface area contributed by atoms with Gasteiger partial charge in [0.2, 0.25) is 0 Å². The third-order valence-electron chi connectivity index (χ3n) is 4.79. The summed E-state index contributed by atoms with van der Waals surface area (Å²) in [6.45, 7) is 4.70. The molecule has 2 saturated heterocycles. The molecule has 4 heterocycles. The Labute approximate surface area is 118 Å². The van der Waals surface area contributed by atoms with Crippen LogP contribution in [-0.2, 0) is 0 Å². The second-order valence-corrected chi connectivity index (χ2v) is 6.23. The lowest BCUT2D eigenvalue weighted by Gasteiger charge is -2.54. The van der Waals surface area contributed by atoms with Crippen LogP contribution in [0.4, 0.5) is 5.82 Å².